The van der Waals surface area contributed by atoms with E-state index in [2.05, 4.69) is 4.98 Å². The second-order valence-corrected chi connectivity index (χ2v) is 4.53. The quantitative estimate of drug-likeness (QED) is 0.803. The lowest BCUT2D eigenvalue weighted by Gasteiger charge is -1.93. The summed E-state index contributed by atoms with van der Waals surface area (Å²) >= 11 is 7.30. The van der Waals surface area contributed by atoms with Crippen molar-refractivity contribution in [2.24, 2.45) is 0 Å². The van der Waals surface area contributed by atoms with E-state index in [0.29, 0.717) is 10.1 Å². The Labute approximate surface area is 94.1 Å². The number of hydrogen-bond acceptors (Lipinski definition) is 4. The Balaban J connectivity index is 2.63. The highest BCUT2D eigenvalue weighted by Gasteiger charge is 2.11. The van der Waals surface area contributed by atoms with Crippen LogP contribution in [0.2, 0.25) is 5.15 Å². The van der Waals surface area contributed by atoms with E-state index >= 15 is 0 Å². The number of rotatable bonds is 2. The molecule has 0 unspecified atom stereocenters. The van der Waals surface area contributed by atoms with E-state index in [9.17, 15) is 9.59 Å². The van der Waals surface area contributed by atoms with Crippen LogP contribution in [0.25, 0.3) is 4.96 Å². The Morgan fingerprint density at radius 3 is 3.07 bits per heavy atom. The number of nitrogens with zero attached hydrogens (tertiary/aromatic N) is 2. The summed E-state index contributed by atoms with van der Waals surface area (Å²) in [6, 6.07) is 1.34. The van der Waals surface area contributed by atoms with E-state index in [1.807, 2.05) is 0 Å². The lowest BCUT2D eigenvalue weighted by atomic mass is 10.3. The molecule has 0 radical (unpaired) electrons. The van der Waals surface area contributed by atoms with Gasteiger partial charge in [-0.3, -0.25) is 14.0 Å². The molecule has 0 saturated carbocycles. The Bertz CT molecular complexity index is 587. The van der Waals surface area contributed by atoms with E-state index in [-0.39, 0.29) is 17.8 Å². The fourth-order valence-electron chi connectivity index (χ4n) is 1.23. The normalized spacial score (nSPS) is 10.8. The molecule has 0 aliphatic heterocycles. The van der Waals surface area contributed by atoms with E-state index in [1.165, 1.54) is 24.3 Å². The molecule has 2 aromatic rings. The lowest BCUT2D eigenvalue weighted by molar-refractivity contribution is -0.116. The van der Waals surface area contributed by atoms with E-state index < -0.39 is 0 Å². The van der Waals surface area contributed by atoms with Crippen molar-refractivity contribution in [3.63, 3.8) is 0 Å². The SMILES string of the molecule is CC(=O)Cc1sc2nc(=O)ccn2c1Cl. The largest absolute Gasteiger partial charge is 0.300 e. The summed E-state index contributed by atoms with van der Waals surface area (Å²) in [4.78, 5) is 27.0. The highest BCUT2D eigenvalue weighted by molar-refractivity contribution is 7.17. The zero-order chi connectivity index (χ0) is 11.0. The van der Waals surface area contributed by atoms with Gasteiger partial charge < -0.3 is 0 Å². The smallest absolute Gasteiger partial charge is 0.273 e. The van der Waals surface area contributed by atoms with Gasteiger partial charge in [-0.15, -0.1) is 0 Å². The van der Waals surface area contributed by atoms with Gasteiger partial charge in [0.25, 0.3) is 5.56 Å². The number of aromatic nitrogens is 2. The van der Waals surface area contributed by atoms with Gasteiger partial charge in [0.2, 0.25) is 0 Å². The van der Waals surface area contributed by atoms with Crippen LogP contribution < -0.4 is 5.56 Å². The number of halogens is 1. The van der Waals surface area contributed by atoms with Gasteiger partial charge in [-0.1, -0.05) is 22.9 Å². The molecule has 0 N–H and O–H groups in total. The summed E-state index contributed by atoms with van der Waals surface area (Å²) in [6.45, 7) is 1.50. The molecule has 2 rings (SSSR count). The Hall–Kier alpha value is -1.20. The Kier molecular flexibility index (Phi) is 2.58. The minimum Gasteiger partial charge on any atom is -0.300 e. The summed E-state index contributed by atoms with van der Waals surface area (Å²) in [5.74, 6) is 0.0337. The van der Waals surface area contributed by atoms with Crippen molar-refractivity contribution in [1.82, 2.24) is 9.38 Å². The number of Topliss-reactive ketones (excluding diaryl/α,β-unsaturated/α-hetero) is 1. The number of carbonyl (C=O) groups is 1. The third kappa shape index (κ3) is 1.93. The molecule has 0 bridgehead atoms. The van der Waals surface area contributed by atoms with Gasteiger partial charge in [0.15, 0.2) is 4.96 Å². The first-order valence-corrected chi connectivity index (χ1v) is 5.43. The van der Waals surface area contributed by atoms with E-state index in [0.717, 1.165) is 4.88 Å². The van der Waals surface area contributed by atoms with Crippen LogP contribution in [0.15, 0.2) is 17.1 Å². The molecule has 0 aliphatic carbocycles. The molecule has 6 heteroatoms. The molecule has 0 fully saturated rings. The number of ketones is 1. The molecule has 0 atom stereocenters. The number of fused-ring (bicyclic) bond motifs is 1. The van der Waals surface area contributed by atoms with Gasteiger partial charge in [-0.05, 0) is 6.92 Å². The average molecular weight is 243 g/mol. The number of hydrogen-bond donors (Lipinski definition) is 0. The maximum absolute atomic E-state index is 11.0. The van der Waals surface area contributed by atoms with Crippen molar-refractivity contribution < 1.29 is 4.79 Å². The van der Waals surface area contributed by atoms with Gasteiger partial charge in [0, 0.05) is 18.7 Å². The molecule has 78 valence electrons. The molecule has 0 spiro atoms. The van der Waals surface area contributed by atoms with Crippen molar-refractivity contribution in [2.75, 3.05) is 0 Å². The van der Waals surface area contributed by atoms with Crippen molar-refractivity contribution in [3.8, 4) is 0 Å². The van der Waals surface area contributed by atoms with Crippen molar-refractivity contribution in [3.05, 3.63) is 32.6 Å². The number of thiazole rings is 1. The zero-order valence-electron chi connectivity index (χ0n) is 7.86. The second kappa shape index (κ2) is 3.75. The predicted molar refractivity (Wildman–Crippen MR) is 58.7 cm³/mol. The first-order valence-electron chi connectivity index (χ1n) is 4.24. The summed E-state index contributed by atoms with van der Waals surface area (Å²) in [5, 5.41) is 0.456. The topological polar surface area (TPSA) is 51.4 Å². The predicted octanol–water partition coefficient (Wildman–Crippen LogP) is 1.54. The highest BCUT2D eigenvalue weighted by Crippen LogP contribution is 2.26. The van der Waals surface area contributed by atoms with Crippen LogP contribution in [0.3, 0.4) is 0 Å². The van der Waals surface area contributed by atoms with Crippen molar-refractivity contribution >= 4 is 33.7 Å². The van der Waals surface area contributed by atoms with Crippen LogP contribution in [0, 0.1) is 0 Å². The van der Waals surface area contributed by atoms with Crippen LogP contribution in [-0.2, 0) is 11.2 Å². The summed E-state index contributed by atoms with van der Waals surface area (Å²) < 4.78 is 1.60. The molecule has 4 nitrogen and oxygen atoms in total. The second-order valence-electron chi connectivity index (χ2n) is 3.11. The maximum atomic E-state index is 11.0. The standard InChI is InChI=1S/C9H7ClN2O2S/c1-5(13)4-6-8(10)12-3-2-7(14)11-9(12)15-6/h2-3H,4H2,1H3. The van der Waals surface area contributed by atoms with Crippen molar-refractivity contribution in [2.45, 2.75) is 13.3 Å². The number of carbonyl (C=O) groups excluding carboxylic acids is 1. The summed E-state index contributed by atoms with van der Waals surface area (Å²) in [7, 11) is 0. The van der Waals surface area contributed by atoms with Crippen LogP contribution in [0.4, 0.5) is 0 Å². The van der Waals surface area contributed by atoms with Gasteiger partial charge in [0.1, 0.15) is 10.9 Å². The molecule has 0 amide bonds. The first kappa shape index (κ1) is 10.3. The van der Waals surface area contributed by atoms with Crippen LogP contribution >= 0.6 is 22.9 Å². The van der Waals surface area contributed by atoms with E-state index in [4.69, 9.17) is 11.6 Å². The minimum absolute atomic E-state index is 0.0337. The van der Waals surface area contributed by atoms with Gasteiger partial charge in [0.05, 0.1) is 4.88 Å². The third-order valence-corrected chi connectivity index (χ3v) is 3.42. The highest BCUT2D eigenvalue weighted by atomic mass is 35.5. The van der Waals surface area contributed by atoms with Gasteiger partial charge in [-0.2, -0.15) is 4.98 Å². The third-order valence-electron chi connectivity index (χ3n) is 1.84. The van der Waals surface area contributed by atoms with E-state index in [1.54, 1.807) is 10.6 Å². The first-order chi connectivity index (χ1) is 7.08. The van der Waals surface area contributed by atoms with Gasteiger partial charge >= 0.3 is 0 Å². The molecule has 2 aromatic heterocycles. The maximum Gasteiger partial charge on any atom is 0.273 e. The molecule has 2 heterocycles. The monoisotopic (exact) mass is 242 g/mol. The van der Waals surface area contributed by atoms with Gasteiger partial charge in [-0.25, -0.2) is 0 Å². The lowest BCUT2D eigenvalue weighted by Crippen LogP contribution is -2.04. The fraction of sp³-hybridized carbons (Fsp3) is 0.222. The average Bonchev–Trinajstić information content (AvgIpc) is 2.42. The van der Waals surface area contributed by atoms with Crippen LogP contribution in [-0.4, -0.2) is 15.2 Å². The molecular formula is C9H7ClN2O2S. The molecule has 0 aromatic carbocycles. The molecule has 0 saturated heterocycles. The molecular weight excluding hydrogens is 236 g/mol. The molecule has 0 aliphatic rings. The fourth-order valence-corrected chi connectivity index (χ4v) is 2.66. The van der Waals surface area contributed by atoms with Crippen molar-refractivity contribution in [1.29, 1.82) is 0 Å². The minimum atomic E-state index is -0.303. The van der Waals surface area contributed by atoms with Crippen LogP contribution in [0.1, 0.15) is 11.8 Å². The zero-order valence-corrected chi connectivity index (χ0v) is 9.43. The summed E-state index contributed by atoms with van der Waals surface area (Å²) in [5.41, 5.74) is -0.303. The Morgan fingerprint density at radius 2 is 2.40 bits per heavy atom. The molecule has 15 heavy (non-hydrogen) atoms. The van der Waals surface area contributed by atoms with Crippen LogP contribution in [0.5, 0.6) is 0 Å². The summed E-state index contributed by atoms with van der Waals surface area (Å²) in [6.07, 6.45) is 1.84. The Morgan fingerprint density at radius 1 is 1.67 bits per heavy atom.